The van der Waals surface area contributed by atoms with Crippen molar-refractivity contribution in [1.82, 2.24) is 0 Å². The lowest BCUT2D eigenvalue weighted by Gasteiger charge is -2.05. The van der Waals surface area contributed by atoms with Crippen molar-refractivity contribution in [2.45, 2.75) is 26.9 Å². The van der Waals surface area contributed by atoms with Crippen LogP contribution in [0.3, 0.4) is 0 Å². The molecule has 0 atom stereocenters. The van der Waals surface area contributed by atoms with E-state index in [1.807, 2.05) is 13.8 Å². The topological polar surface area (TPSA) is 0 Å². The van der Waals surface area contributed by atoms with E-state index in [0.29, 0.717) is 5.56 Å². The van der Waals surface area contributed by atoms with Crippen molar-refractivity contribution in [3.8, 4) is 0 Å². The van der Waals surface area contributed by atoms with Gasteiger partial charge in [0.1, 0.15) is 0 Å². The van der Waals surface area contributed by atoms with Crippen LogP contribution in [0.1, 0.15) is 25.0 Å². The monoisotopic (exact) mass is 218 g/mol. The Balaban J connectivity index is 0. The molecule has 0 N–H and O–H groups in total. The normalized spacial score (nSPS) is 9.20. The summed E-state index contributed by atoms with van der Waals surface area (Å²) in [6, 6.07) is 5.22. The molecule has 86 valence electrons. The number of aryl methyl sites for hydroxylation is 1. The van der Waals surface area contributed by atoms with E-state index in [4.69, 9.17) is 0 Å². The molecule has 0 heterocycles. The van der Waals surface area contributed by atoms with Gasteiger partial charge in [-0.05, 0) is 13.0 Å². The molecule has 1 aromatic carbocycles. The minimum absolute atomic E-state index is 0.586. The first-order valence-electron chi connectivity index (χ1n) is 4.64. The lowest BCUT2D eigenvalue weighted by atomic mass is 10.1. The molecule has 0 aromatic heterocycles. The van der Waals surface area contributed by atoms with Crippen LogP contribution in [0.2, 0.25) is 0 Å². The van der Waals surface area contributed by atoms with Crippen LogP contribution in [0, 0.1) is 6.92 Å². The van der Waals surface area contributed by atoms with Gasteiger partial charge in [-0.15, -0.1) is 13.2 Å². The Kier molecular flexibility index (Phi) is 8.73. The van der Waals surface area contributed by atoms with E-state index in [1.54, 1.807) is 13.0 Å². The lowest BCUT2D eigenvalue weighted by Crippen LogP contribution is -2.04. The van der Waals surface area contributed by atoms with E-state index in [9.17, 15) is 13.2 Å². The van der Waals surface area contributed by atoms with E-state index in [0.717, 1.165) is 12.1 Å². The Hall–Kier alpha value is -1.25. The van der Waals surface area contributed by atoms with Crippen molar-refractivity contribution in [2.24, 2.45) is 0 Å². The Morgan fingerprint density at radius 3 is 1.80 bits per heavy atom. The Bertz CT molecular complexity index is 264. The summed E-state index contributed by atoms with van der Waals surface area (Å²) in [5.74, 6) is 0. The summed E-state index contributed by atoms with van der Waals surface area (Å²) in [4.78, 5) is 0. The Morgan fingerprint density at radius 1 is 1.07 bits per heavy atom. The largest absolute Gasteiger partial charge is 0.416 e. The lowest BCUT2D eigenvalue weighted by molar-refractivity contribution is -0.137. The molecular formula is C12H17F3. The first-order chi connectivity index (χ1) is 7.00. The van der Waals surface area contributed by atoms with Gasteiger partial charge in [0.15, 0.2) is 0 Å². The van der Waals surface area contributed by atoms with Gasteiger partial charge in [0.2, 0.25) is 0 Å². The number of rotatable bonds is 0. The summed E-state index contributed by atoms with van der Waals surface area (Å²) in [5.41, 5.74) is 0.0392. The number of halogens is 3. The fourth-order valence-corrected chi connectivity index (χ4v) is 0.821. The second kappa shape index (κ2) is 8.09. The molecule has 0 saturated carbocycles. The summed E-state index contributed by atoms with van der Waals surface area (Å²) in [7, 11) is 0. The zero-order valence-electron chi connectivity index (χ0n) is 9.36. The highest BCUT2D eigenvalue weighted by molar-refractivity contribution is 5.24. The van der Waals surface area contributed by atoms with Crippen LogP contribution in [0.5, 0.6) is 0 Å². The molecular weight excluding hydrogens is 201 g/mol. The van der Waals surface area contributed by atoms with Crippen molar-refractivity contribution in [1.29, 1.82) is 0 Å². The number of benzene rings is 1. The Morgan fingerprint density at radius 2 is 1.53 bits per heavy atom. The number of alkyl halides is 3. The standard InChI is InChI=1S/C8H7F3.C2H6.C2H4/c1-6-3-2-4-7(5-6)8(9,10)11;2*1-2/h2-5H,1H3;1-2H3;1-2H2. The molecule has 0 saturated heterocycles. The van der Waals surface area contributed by atoms with E-state index in [2.05, 4.69) is 13.2 Å². The molecule has 1 aromatic rings. The van der Waals surface area contributed by atoms with Crippen LogP contribution in [-0.2, 0) is 6.18 Å². The van der Waals surface area contributed by atoms with Gasteiger partial charge < -0.3 is 0 Å². The molecule has 0 aliphatic heterocycles. The van der Waals surface area contributed by atoms with Crippen molar-refractivity contribution in [3.05, 3.63) is 48.6 Å². The SMILES string of the molecule is C=C.CC.Cc1cccc(C(F)(F)F)c1. The van der Waals surface area contributed by atoms with Gasteiger partial charge in [-0.3, -0.25) is 0 Å². The zero-order chi connectivity index (χ0) is 12.5. The minimum Gasteiger partial charge on any atom is -0.166 e. The van der Waals surface area contributed by atoms with E-state index in [1.165, 1.54) is 6.07 Å². The molecule has 0 radical (unpaired) electrons. The highest BCUT2D eigenvalue weighted by Gasteiger charge is 2.29. The van der Waals surface area contributed by atoms with Gasteiger partial charge in [0, 0.05) is 0 Å². The molecule has 0 nitrogen and oxygen atoms in total. The summed E-state index contributed by atoms with van der Waals surface area (Å²) in [5, 5.41) is 0. The molecule has 0 unspecified atom stereocenters. The third-order valence-electron chi connectivity index (χ3n) is 1.35. The third-order valence-corrected chi connectivity index (χ3v) is 1.35. The molecule has 0 spiro atoms. The minimum atomic E-state index is -4.22. The average Bonchev–Trinajstić information content (AvgIpc) is 2.23. The van der Waals surface area contributed by atoms with Crippen LogP contribution in [-0.4, -0.2) is 0 Å². The molecule has 0 fully saturated rings. The van der Waals surface area contributed by atoms with Crippen molar-refractivity contribution in [3.63, 3.8) is 0 Å². The van der Waals surface area contributed by atoms with Crippen molar-refractivity contribution in [2.75, 3.05) is 0 Å². The van der Waals surface area contributed by atoms with Crippen LogP contribution < -0.4 is 0 Å². The Labute approximate surface area is 89.4 Å². The first-order valence-corrected chi connectivity index (χ1v) is 4.64. The highest BCUT2D eigenvalue weighted by Crippen LogP contribution is 2.29. The molecule has 1 rings (SSSR count). The van der Waals surface area contributed by atoms with E-state index >= 15 is 0 Å². The molecule has 3 heteroatoms. The van der Waals surface area contributed by atoms with Crippen molar-refractivity contribution < 1.29 is 13.2 Å². The second-order valence-electron chi connectivity index (χ2n) is 2.37. The maximum atomic E-state index is 12.0. The van der Waals surface area contributed by atoms with Gasteiger partial charge in [-0.25, -0.2) is 0 Å². The maximum absolute atomic E-state index is 12.0. The predicted octanol–water partition coefficient (Wildman–Crippen LogP) is 4.84. The quantitative estimate of drug-likeness (QED) is 0.546. The van der Waals surface area contributed by atoms with Gasteiger partial charge >= 0.3 is 6.18 Å². The summed E-state index contributed by atoms with van der Waals surface area (Å²) >= 11 is 0. The fraction of sp³-hybridized carbons (Fsp3) is 0.333. The molecule has 0 amide bonds. The highest BCUT2D eigenvalue weighted by atomic mass is 19.4. The average molecular weight is 218 g/mol. The molecule has 15 heavy (non-hydrogen) atoms. The predicted molar refractivity (Wildman–Crippen MR) is 58.8 cm³/mol. The van der Waals surface area contributed by atoms with E-state index < -0.39 is 11.7 Å². The first kappa shape index (κ1) is 16.2. The van der Waals surface area contributed by atoms with Crippen molar-refractivity contribution >= 4 is 0 Å². The zero-order valence-corrected chi connectivity index (χ0v) is 9.36. The van der Waals surface area contributed by atoms with Gasteiger partial charge in [0.25, 0.3) is 0 Å². The summed E-state index contributed by atoms with van der Waals surface area (Å²) < 4.78 is 35.9. The summed E-state index contributed by atoms with van der Waals surface area (Å²) in [6.45, 7) is 11.6. The maximum Gasteiger partial charge on any atom is 0.416 e. The third kappa shape index (κ3) is 6.77. The fourth-order valence-electron chi connectivity index (χ4n) is 0.821. The molecule has 0 bridgehead atoms. The van der Waals surface area contributed by atoms with Crippen LogP contribution in [0.15, 0.2) is 37.4 Å². The summed E-state index contributed by atoms with van der Waals surface area (Å²) in [6.07, 6.45) is -4.22. The molecule has 0 aliphatic carbocycles. The van der Waals surface area contributed by atoms with Crippen LogP contribution in [0.4, 0.5) is 13.2 Å². The van der Waals surface area contributed by atoms with Gasteiger partial charge in [0.05, 0.1) is 5.56 Å². The van der Waals surface area contributed by atoms with Crippen LogP contribution >= 0.6 is 0 Å². The van der Waals surface area contributed by atoms with E-state index in [-0.39, 0.29) is 0 Å². The number of hydrogen-bond acceptors (Lipinski definition) is 0. The number of hydrogen-bond donors (Lipinski definition) is 0. The van der Waals surface area contributed by atoms with Gasteiger partial charge in [-0.2, -0.15) is 13.2 Å². The second-order valence-corrected chi connectivity index (χ2v) is 2.37. The van der Waals surface area contributed by atoms with Crippen LogP contribution in [0.25, 0.3) is 0 Å². The molecule has 0 aliphatic rings. The smallest absolute Gasteiger partial charge is 0.166 e. The van der Waals surface area contributed by atoms with Gasteiger partial charge in [-0.1, -0.05) is 37.6 Å².